The lowest BCUT2D eigenvalue weighted by atomic mass is 10.1. The van der Waals surface area contributed by atoms with Gasteiger partial charge in [0.1, 0.15) is 5.75 Å². The smallest absolute Gasteiger partial charge is 0.260 e. The van der Waals surface area contributed by atoms with Crippen LogP contribution in [0.15, 0.2) is 18.2 Å². The molecule has 1 aromatic carbocycles. The standard InChI is InChI=1S/C15H22N2O2/c1-11-6-12(2)8-14(7-11)19-10-15(18)17-5-4-16-13(3)9-17/h6-8,13,16H,4-5,9-10H2,1-3H3/t13-/m1/s1. The Labute approximate surface area is 114 Å². The number of aryl methyl sites for hydroxylation is 2. The van der Waals surface area contributed by atoms with Gasteiger partial charge in [0.05, 0.1) is 0 Å². The Balaban J connectivity index is 1.89. The molecule has 1 aliphatic rings. The lowest BCUT2D eigenvalue weighted by molar-refractivity contribution is -0.134. The van der Waals surface area contributed by atoms with Crippen LogP contribution in [0.1, 0.15) is 18.1 Å². The van der Waals surface area contributed by atoms with E-state index in [1.54, 1.807) is 0 Å². The molecule has 1 heterocycles. The first kappa shape index (κ1) is 13.9. The molecule has 19 heavy (non-hydrogen) atoms. The van der Waals surface area contributed by atoms with Gasteiger partial charge in [-0.15, -0.1) is 0 Å². The summed E-state index contributed by atoms with van der Waals surface area (Å²) in [5, 5.41) is 3.32. The molecule has 0 unspecified atom stereocenters. The molecule has 4 heteroatoms. The van der Waals surface area contributed by atoms with E-state index < -0.39 is 0 Å². The van der Waals surface area contributed by atoms with Gasteiger partial charge in [0.2, 0.25) is 0 Å². The Morgan fingerprint density at radius 2 is 2.05 bits per heavy atom. The quantitative estimate of drug-likeness (QED) is 0.897. The summed E-state index contributed by atoms with van der Waals surface area (Å²) in [6, 6.07) is 6.37. The second-order valence-electron chi connectivity index (χ2n) is 5.31. The third-order valence-corrected chi connectivity index (χ3v) is 3.28. The van der Waals surface area contributed by atoms with Crippen molar-refractivity contribution in [3.8, 4) is 5.75 Å². The van der Waals surface area contributed by atoms with E-state index in [0.717, 1.165) is 36.5 Å². The molecule has 1 aromatic rings. The Morgan fingerprint density at radius 1 is 1.37 bits per heavy atom. The van der Waals surface area contributed by atoms with Gasteiger partial charge in [0.25, 0.3) is 5.91 Å². The third-order valence-electron chi connectivity index (χ3n) is 3.28. The maximum atomic E-state index is 12.1. The van der Waals surface area contributed by atoms with Gasteiger partial charge in [-0.05, 0) is 44.0 Å². The molecule has 1 aliphatic heterocycles. The summed E-state index contributed by atoms with van der Waals surface area (Å²) >= 11 is 0. The highest BCUT2D eigenvalue weighted by Crippen LogP contribution is 2.16. The molecule has 0 spiro atoms. The van der Waals surface area contributed by atoms with Crippen LogP contribution in [0.5, 0.6) is 5.75 Å². The van der Waals surface area contributed by atoms with Crippen LogP contribution < -0.4 is 10.1 Å². The molecule has 1 saturated heterocycles. The number of amides is 1. The maximum Gasteiger partial charge on any atom is 0.260 e. The van der Waals surface area contributed by atoms with Crippen LogP contribution in [0.4, 0.5) is 0 Å². The van der Waals surface area contributed by atoms with Crippen LogP contribution in [0, 0.1) is 13.8 Å². The zero-order valence-corrected chi connectivity index (χ0v) is 11.9. The highest BCUT2D eigenvalue weighted by atomic mass is 16.5. The number of hydrogen-bond acceptors (Lipinski definition) is 3. The highest BCUT2D eigenvalue weighted by molar-refractivity contribution is 5.78. The minimum atomic E-state index is 0.0625. The molecule has 2 rings (SSSR count). The summed E-state index contributed by atoms with van der Waals surface area (Å²) in [5.41, 5.74) is 2.30. The second kappa shape index (κ2) is 6.06. The van der Waals surface area contributed by atoms with Crippen molar-refractivity contribution < 1.29 is 9.53 Å². The monoisotopic (exact) mass is 262 g/mol. The van der Waals surface area contributed by atoms with Gasteiger partial charge >= 0.3 is 0 Å². The number of ether oxygens (including phenoxy) is 1. The van der Waals surface area contributed by atoms with Crippen molar-refractivity contribution in [3.05, 3.63) is 29.3 Å². The van der Waals surface area contributed by atoms with Gasteiger partial charge in [-0.1, -0.05) is 6.07 Å². The Morgan fingerprint density at radius 3 is 2.68 bits per heavy atom. The molecule has 0 radical (unpaired) electrons. The van der Waals surface area contributed by atoms with Gasteiger partial charge in [0.15, 0.2) is 6.61 Å². The Bertz CT molecular complexity index is 439. The zero-order chi connectivity index (χ0) is 13.8. The van der Waals surface area contributed by atoms with E-state index in [1.165, 1.54) is 0 Å². The van der Waals surface area contributed by atoms with Crippen LogP contribution in [-0.2, 0) is 4.79 Å². The second-order valence-corrected chi connectivity index (χ2v) is 5.31. The van der Waals surface area contributed by atoms with E-state index >= 15 is 0 Å². The summed E-state index contributed by atoms with van der Waals surface area (Å²) in [6.07, 6.45) is 0. The summed E-state index contributed by atoms with van der Waals surface area (Å²) in [5.74, 6) is 0.835. The van der Waals surface area contributed by atoms with Crippen LogP contribution in [0.2, 0.25) is 0 Å². The van der Waals surface area contributed by atoms with Crippen LogP contribution in [0.3, 0.4) is 0 Å². The number of piperazine rings is 1. The number of hydrogen-bond donors (Lipinski definition) is 1. The largest absolute Gasteiger partial charge is 0.484 e. The minimum absolute atomic E-state index is 0.0625. The molecule has 0 bridgehead atoms. The molecule has 1 N–H and O–H groups in total. The van der Waals surface area contributed by atoms with E-state index in [2.05, 4.69) is 18.3 Å². The van der Waals surface area contributed by atoms with Gasteiger partial charge < -0.3 is 15.0 Å². The number of carbonyl (C=O) groups is 1. The number of benzene rings is 1. The normalized spacial score (nSPS) is 19.3. The predicted octanol–water partition coefficient (Wildman–Crippen LogP) is 1.50. The molecule has 0 aliphatic carbocycles. The molecule has 1 atom stereocenters. The fourth-order valence-electron chi connectivity index (χ4n) is 2.41. The SMILES string of the molecule is Cc1cc(C)cc(OCC(=O)N2CCN[C@H](C)C2)c1. The van der Waals surface area contributed by atoms with E-state index in [-0.39, 0.29) is 12.5 Å². The highest BCUT2D eigenvalue weighted by Gasteiger charge is 2.20. The van der Waals surface area contributed by atoms with Gasteiger partial charge in [0, 0.05) is 25.7 Å². The van der Waals surface area contributed by atoms with Crippen molar-refractivity contribution in [1.29, 1.82) is 0 Å². The number of rotatable bonds is 3. The summed E-state index contributed by atoms with van der Waals surface area (Å²) in [6.45, 7) is 8.64. The van der Waals surface area contributed by atoms with Crippen molar-refractivity contribution in [3.63, 3.8) is 0 Å². The lowest BCUT2D eigenvalue weighted by Crippen LogP contribution is -2.52. The molecule has 1 amide bonds. The van der Waals surface area contributed by atoms with Crippen molar-refractivity contribution in [1.82, 2.24) is 10.2 Å². The number of nitrogens with zero attached hydrogens (tertiary/aromatic N) is 1. The first-order chi connectivity index (χ1) is 9.04. The fourth-order valence-corrected chi connectivity index (χ4v) is 2.41. The van der Waals surface area contributed by atoms with Crippen molar-refractivity contribution in [2.24, 2.45) is 0 Å². The average Bonchev–Trinajstić information content (AvgIpc) is 2.35. The van der Waals surface area contributed by atoms with Gasteiger partial charge in [-0.2, -0.15) is 0 Å². The van der Waals surface area contributed by atoms with Crippen molar-refractivity contribution in [2.45, 2.75) is 26.8 Å². The topological polar surface area (TPSA) is 41.6 Å². The zero-order valence-electron chi connectivity index (χ0n) is 11.9. The maximum absolute atomic E-state index is 12.1. The molecule has 0 aromatic heterocycles. The average molecular weight is 262 g/mol. The predicted molar refractivity (Wildman–Crippen MR) is 75.5 cm³/mol. The summed E-state index contributed by atoms with van der Waals surface area (Å²) < 4.78 is 5.61. The fraction of sp³-hybridized carbons (Fsp3) is 0.533. The van der Waals surface area contributed by atoms with E-state index in [4.69, 9.17) is 4.74 Å². The van der Waals surface area contributed by atoms with Crippen LogP contribution >= 0.6 is 0 Å². The van der Waals surface area contributed by atoms with Crippen molar-refractivity contribution >= 4 is 5.91 Å². The first-order valence-corrected chi connectivity index (χ1v) is 6.77. The Kier molecular flexibility index (Phi) is 4.43. The molecule has 104 valence electrons. The lowest BCUT2D eigenvalue weighted by Gasteiger charge is -2.31. The van der Waals surface area contributed by atoms with Gasteiger partial charge in [-0.25, -0.2) is 0 Å². The van der Waals surface area contributed by atoms with E-state index in [0.29, 0.717) is 6.04 Å². The number of nitrogens with one attached hydrogen (secondary N) is 1. The summed E-state index contributed by atoms with van der Waals surface area (Å²) in [4.78, 5) is 13.9. The Hall–Kier alpha value is -1.55. The van der Waals surface area contributed by atoms with Crippen molar-refractivity contribution in [2.75, 3.05) is 26.2 Å². The molecule has 0 saturated carbocycles. The van der Waals surface area contributed by atoms with Gasteiger partial charge in [-0.3, -0.25) is 4.79 Å². The molecule has 1 fully saturated rings. The molecular formula is C15H22N2O2. The van der Waals surface area contributed by atoms with E-state index in [1.807, 2.05) is 30.9 Å². The minimum Gasteiger partial charge on any atom is -0.484 e. The molecular weight excluding hydrogens is 240 g/mol. The van der Waals surface area contributed by atoms with Crippen LogP contribution in [-0.4, -0.2) is 43.1 Å². The third kappa shape index (κ3) is 3.96. The number of carbonyl (C=O) groups excluding carboxylic acids is 1. The van der Waals surface area contributed by atoms with E-state index in [9.17, 15) is 4.79 Å². The summed E-state index contributed by atoms with van der Waals surface area (Å²) in [7, 11) is 0. The first-order valence-electron chi connectivity index (χ1n) is 6.77. The van der Waals surface area contributed by atoms with Crippen LogP contribution in [0.25, 0.3) is 0 Å². The molecule has 4 nitrogen and oxygen atoms in total.